The Morgan fingerprint density at radius 3 is 2.50 bits per heavy atom. The molecule has 32 heavy (non-hydrogen) atoms. The van der Waals surface area contributed by atoms with Crippen molar-refractivity contribution in [3.8, 4) is 16.4 Å². The maximum Gasteiger partial charge on any atom is 0.276 e. The van der Waals surface area contributed by atoms with Crippen molar-refractivity contribution < 1.29 is 9.18 Å². The van der Waals surface area contributed by atoms with Crippen molar-refractivity contribution in [1.82, 2.24) is 14.8 Å². The molecular formula is C24H23FN4O2S. The summed E-state index contributed by atoms with van der Waals surface area (Å²) >= 11 is 1.31. The monoisotopic (exact) mass is 450 g/mol. The van der Waals surface area contributed by atoms with Crippen LogP contribution in [0.3, 0.4) is 0 Å². The van der Waals surface area contributed by atoms with Gasteiger partial charge in [-0.15, -0.1) is 11.3 Å². The molecule has 2 heterocycles. The molecule has 164 valence electrons. The SMILES string of the molecule is Cc1cccc(C)c1NC(=O)CCc1c(C)[nH]n(-c2nc(-c3ccc(F)cc3)cs2)c1=O. The second-order valence-electron chi connectivity index (χ2n) is 7.69. The Kier molecular flexibility index (Phi) is 6.05. The zero-order valence-corrected chi connectivity index (χ0v) is 18.8. The fourth-order valence-corrected chi connectivity index (χ4v) is 4.37. The van der Waals surface area contributed by atoms with E-state index < -0.39 is 0 Å². The van der Waals surface area contributed by atoms with E-state index in [2.05, 4.69) is 15.4 Å². The van der Waals surface area contributed by atoms with Crippen LogP contribution in [0, 0.1) is 26.6 Å². The van der Waals surface area contributed by atoms with Gasteiger partial charge >= 0.3 is 0 Å². The molecule has 4 rings (SSSR count). The second kappa shape index (κ2) is 8.92. The third kappa shape index (κ3) is 4.40. The Bertz CT molecular complexity index is 1310. The molecule has 0 aliphatic heterocycles. The number of thiazole rings is 1. The minimum Gasteiger partial charge on any atom is -0.326 e. The van der Waals surface area contributed by atoms with Gasteiger partial charge in [0, 0.05) is 34.3 Å². The summed E-state index contributed by atoms with van der Waals surface area (Å²) in [6, 6.07) is 11.9. The molecular weight excluding hydrogens is 427 g/mol. The first-order valence-corrected chi connectivity index (χ1v) is 11.1. The number of aryl methyl sites for hydroxylation is 3. The molecule has 0 spiro atoms. The van der Waals surface area contributed by atoms with Crippen molar-refractivity contribution in [3.05, 3.63) is 86.4 Å². The molecule has 0 aliphatic rings. The van der Waals surface area contributed by atoms with Gasteiger partial charge < -0.3 is 5.32 Å². The molecule has 2 aromatic heterocycles. The van der Waals surface area contributed by atoms with Gasteiger partial charge in [-0.1, -0.05) is 18.2 Å². The van der Waals surface area contributed by atoms with Crippen LogP contribution in [0.25, 0.3) is 16.4 Å². The van der Waals surface area contributed by atoms with E-state index in [1.165, 1.54) is 28.2 Å². The number of carbonyl (C=O) groups is 1. The summed E-state index contributed by atoms with van der Waals surface area (Å²) in [6.07, 6.45) is 0.515. The van der Waals surface area contributed by atoms with Crippen LogP contribution >= 0.6 is 11.3 Å². The molecule has 8 heteroatoms. The lowest BCUT2D eigenvalue weighted by Crippen LogP contribution is -2.19. The topological polar surface area (TPSA) is 79.8 Å². The van der Waals surface area contributed by atoms with Crippen molar-refractivity contribution >= 4 is 22.9 Å². The average Bonchev–Trinajstić information content (AvgIpc) is 3.35. The highest BCUT2D eigenvalue weighted by molar-refractivity contribution is 7.12. The summed E-state index contributed by atoms with van der Waals surface area (Å²) in [7, 11) is 0. The summed E-state index contributed by atoms with van der Waals surface area (Å²) in [5, 5.41) is 8.32. The highest BCUT2D eigenvalue weighted by atomic mass is 32.1. The molecule has 0 saturated heterocycles. The van der Waals surface area contributed by atoms with Crippen LogP contribution in [0.1, 0.15) is 28.8 Å². The van der Waals surface area contributed by atoms with Gasteiger partial charge in [-0.2, -0.15) is 4.68 Å². The Labute approximate surface area is 188 Å². The Morgan fingerprint density at radius 2 is 1.81 bits per heavy atom. The molecule has 4 aromatic rings. The van der Waals surface area contributed by atoms with E-state index in [9.17, 15) is 14.0 Å². The van der Waals surface area contributed by atoms with Gasteiger partial charge in [0.05, 0.1) is 5.69 Å². The zero-order valence-electron chi connectivity index (χ0n) is 18.0. The number of amides is 1. The van der Waals surface area contributed by atoms with Crippen LogP contribution < -0.4 is 10.9 Å². The zero-order chi connectivity index (χ0) is 22.8. The van der Waals surface area contributed by atoms with E-state index in [1.54, 1.807) is 12.1 Å². The average molecular weight is 451 g/mol. The molecule has 0 bridgehead atoms. The van der Waals surface area contributed by atoms with Gasteiger partial charge in [0.15, 0.2) is 0 Å². The lowest BCUT2D eigenvalue weighted by atomic mass is 10.1. The predicted molar refractivity (Wildman–Crippen MR) is 125 cm³/mol. The lowest BCUT2D eigenvalue weighted by Gasteiger charge is -2.11. The van der Waals surface area contributed by atoms with E-state index in [0.29, 0.717) is 28.5 Å². The van der Waals surface area contributed by atoms with Gasteiger partial charge in [-0.25, -0.2) is 9.37 Å². The summed E-state index contributed by atoms with van der Waals surface area (Å²) in [6.45, 7) is 5.71. The minimum atomic E-state index is -0.313. The van der Waals surface area contributed by atoms with Crippen LogP contribution in [-0.2, 0) is 11.2 Å². The molecule has 6 nitrogen and oxygen atoms in total. The standard InChI is InChI=1S/C24H23FN4O2S/c1-14-5-4-6-15(2)22(14)27-21(30)12-11-19-16(3)28-29(23(19)31)24-26-20(13-32-24)17-7-9-18(25)10-8-17/h4-10,13,28H,11-12H2,1-3H3,(H,27,30). The lowest BCUT2D eigenvalue weighted by molar-refractivity contribution is -0.116. The van der Waals surface area contributed by atoms with Gasteiger partial charge in [0.1, 0.15) is 5.82 Å². The van der Waals surface area contributed by atoms with E-state index in [4.69, 9.17) is 0 Å². The van der Waals surface area contributed by atoms with E-state index >= 15 is 0 Å². The normalized spacial score (nSPS) is 11.0. The van der Waals surface area contributed by atoms with E-state index in [1.807, 2.05) is 44.4 Å². The van der Waals surface area contributed by atoms with Gasteiger partial charge in [-0.05, 0) is 62.6 Å². The first-order valence-electron chi connectivity index (χ1n) is 10.2. The number of aromatic nitrogens is 3. The fraction of sp³-hybridized carbons (Fsp3) is 0.208. The third-order valence-electron chi connectivity index (χ3n) is 5.36. The molecule has 2 N–H and O–H groups in total. The quantitative estimate of drug-likeness (QED) is 0.437. The molecule has 1 amide bonds. The number of benzene rings is 2. The summed E-state index contributed by atoms with van der Waals surface area (Å²) < 4.78 is 14.6. The Balaban J connectivity index is 1.49. The second-order valence-corrected chi connectivity index (χ2v) is 8.53. The molecule has 0 atom stereocenters. The third-order valence-corrected chi connectivity index (χ3v) is 6.19. The number of hydrogen-bond acceptors (Lipinski definition) is 4. The summed E-state index contributed by atoms with van der Waals surface area (Å²) in [4.78, 5) is 30.0. The van der Waals surface area contributed by atoms with Crippen molar-refractivity contribution in [2.45, 2.75) is 33.6 Å². The number of nitrogens with one attached hydrogen (secondary N) is 2. The number of nitrogens with zero attached hydrogens (tertiary/aromatic N) is 2. The first-order chi connectivity index (χ1) is 15.3. The van der Waals surface area contributed by atoms with Crippen LogP contribution in [0.4, 0.5) is 10.1 Å². The highest BCUT2D eigenvalue weighted by Gasteiger charge is 2.17. The molecule has 0 saturated carbocycles. The Hall–Kier alpha value is -3.52. The number of para-hydroxylation sites is 1. The highest BCUT2D eigenvalue weighted by Crippen LogP contribution is 2.24. The maximum absolute atomic E-state index is 13.2. The molecule has 0 fully saturated rings. The van der Waals surface area contributed by atoms with Crippen LogP contribution in [-0.4, -0.2) is 20.7 Å². The smallest absolute Gasteiger partial charge is 0.276 e. The van der Waals surface area contributed by atoms with Crippen molar-refractivity contribution in [1.29, 1.82) is 0 Å². The summed E-state index contributed by atoms with van der Waals surface area (Å²) in [5.74, 6) is -0.450. The number of hydrogen-bond donors (Lipinski definition) is 2. The Morgan fingerprint density at radius 1 is 1.12 bits per heavy atom. The molecule has 0 radical (unpaired) electrons. The van der Waals surface area contributed by atoms with Gasteiger partial charge in [-0.3, -0.25) is 14.7 Å². The fourth-order valence-electron chi connectivity index (χ4n) is 3.58. The minimum absolute atomic E-state index is 0.137. The van der Waals surface area contributed by atoms with Crippen molar-refractivity contribution in [2.75, 3.05) is 5.32 Å². The van der Waals surface area contributed by atoms with Crippen molar-refractivity contribution in [2.24, 2.45) is 0 Å². The number of aromatic amines is 1. The van der Waals surface area contributed by atoms with Crippen molar-refractivity contribution in [3.63, 3.8) is 0 Å². The van der Waals surface area contributed by atoms with Crippen LogP contribution in [0.15, 0.2) is 52.6 Å². The molecule has 0 unspecified atom stereocenters. The number of H-pyrrole nitrogens is 1. The first kappa shape index (κ1) is 21.7. The number of rotatable bonds is 6. The summed E-state index contributed by atoms with van der Waals surface area (Å²) in [5.41, 5.74) is 5.29. The molecule has 2 aromatic carbocycles. The van der Waals surface area contributed by atoms with Crippen LogP contribution in [0.2, 0.25) is 0 Å². The van der Waals surface area contributed by atoms with Crippen LogP contribution in [0.5, 0.6) is 0 Å². The molecule has 0 aliphatic carbocycles. The van der Waals surface area contributed by atoms with Gasteiger partial charge in [0.25, 0.3) is 5.56 Å². The van der Waals surface area contributed by atoms with E-state index in [-0.39, 0.29) is 23.7 Å². The maximum atomic E-state index is 13.2. The largest absolute Gasteiger partial charge is 0.326 e. The number of halogens is 1. The van der Waals surface area contributed by atoms with E-state index in [0.717, 1.165) is 22.4 Å². The number of carbonyl (C=O) groups excluding carboxylic acids is 1. The van der Waals surface area contributed by atoms with Gasteiger partial charge in [0.2, 0.25) is 11.0 Å². The predicted octanol–water partition coefficient (Wildman–Crippen LogP) is 4.92. The number of anilines is 1.